The lowest BCUT2D eigenvalue weighted by Gasteiger charge is -2.26. The number of aryl methyl sites for hydroxylation is 2. The maximum absolute atomic E-state index is 13.0. The van der Waals surface area contributed by atoms with E-state index in [-0.39, 0.29) is 0 Å². The van der Waals surface area contributed by atoms with Crippen LogP contribution in [0.2, 0.25) is 0 Å². The van der Waals surface area contributed by atoms with Crippen molar-refractivity contribution in [3.05, 3.63) is 46.8 Å². The Morgan fingerprint density at radius 3 is 2.55 bits per heavy atom. The number of hydrogen-bond acceptors (Lipinski definition) is 4. The second-order valence-corrected chi connectivity index (χ2v) is 9.87. The number of benzene rings is 1. The summed E-state index contributed by atoms with van der Waals surface area (Å²) in [7, 11) is -1.50. The van der Waals surface area contributed by atoms with E-state index in [2.05, 4.69) is 27.6 Å². The summed E-state index contributed by atoms with van der Waals surface area (Å²) in [6.45, 7) is 9.03. The largest absolute Gasteiger partial charge is 0.357 e. The van der Waals surface area contributed by atoms with Gasteiger partial charge in [-0.2, -0.15) is 9.40 Å². The molecule has 8 nitrogen and oxygen atoms in total. The molecule has 1 aromatic carbocycles. The second-order valence-electron chi connectivity index (χ2n) is 7.93. The molecule has 0 bridgehead atoms. The van der Waals surface area contributed by atoms with Crippen molar-refractivity contribution in [2.24, 2.45) is 12.0 Å². The zero-order chi connectivity index (χ0) is 22.4. The molecular weight excluding hydrogens is 412 g/mol. The van der Waals surface area contributed by atoms with Crippen molar-refractivity contribution in [3.63, 3.8) is 0 Å². The molecule has 170 valence electrons. The molecule has 9 heteroatoms. The van der Waals surface area contributed by atoms with Crippen LogP contribution in [0.4, 0.5) is 0 Å². The van der Waals surface area contributed by atoms with Gasteiger partial charge in [-0.25, -0.2) is 13.4 Å². The van der Waals surface area contributed by atoms with Crippen molar-refractivity contribution in [3.8, 4) is 0 Å². The van der Waals surface area contributed by atoms with E-state index < -0.39 is 10.0 Å². The van der Waals surface area contributed by atoms with Crippen molar-refractivity contribution in [1.29, 1.82) is 0 Å². The van der Waals surface area contributed by atoms with Crippen LogP contribution in [0, 0.1) is 13.8 Å². The van der Waals surface area contributed by atoms with Crippen molar-refractivity contribution in [2.75, 3.05) is 19.6 Å². The lowest BCUT2D eigenvalue weighted by molar-refractivity contribution is 0.346. The lowest BCUT2D eigenvalue weighted by Crippen LogP contribution is -2.37. The van der Waals surface area contributed by atoms with E-state index in [1.54, 1.807) is 22.5 Å². The van der Waals surface area contributed by atoms with Crippen molar-refractivity contribution in [2.45, 2.75) is 58.0 Å². The molecule has 1 aromatic heterocycles. The van der Waals surface area contributed by atoms with Crippen LogP contribution in [-0.2, 0) is 30.2 Å². The Bertz CT molecular complexity index is 1020. The standard InChI is InChI=1S/C22H34N6O2S/c1-5-23-22(25-16-21-17(2)26-27(4)18(21)3)24-15-19-10-9-11-20(14-19)31(29,30)28-12-7-6-8-13-28/h9-11,14H,5-8,12-13,15-16H2,1-4H3,(H2,23,24,25). The minimum atomic E-state index is -3.44. The molecule has 2 heterocycles. The Hall–Kier alpha value is -2.39. The van der Waals surface area contributed by atoms with Crippen LogP contribution in [0.3, 0.4) is 0 Å². The highest BCUT2D eigenvalue weighted by Crippen LogP contribution is 2.21. The van der Waals surface area contributed by atoms with Gasteiger partial charge < -0.3 is 10.6 Å². The normalized spacial score (nSPS) is 15.8. The van der Waals surface area contributed by atoms with Crippen LogP contribution in [0.5, 0.6) is 0 Å². The first-order chi connectivity index (χ1) is 14.8. The second kappa shape index (κ2) is 10.3. The molecule has 3 rings (SSSR count). The molecule has 0 aliphatic carbocycles. The number of guanidine groups is 1. The monoisotopic (exact) mass is 446 g/mol. The maximum atomic E-state index is 13.0. The lowest BCUT2D eigenvalue weighted by atomic mass is 10.2. The van der Waals surface area contributed by atoms with E-state index >= 15 is 0 Å². The van der Waals surface area contributed by atoms with Gasteiger partial charge in [0.15, 0.2) is 5.96 Å². The van der Waals surface area contributed by atoms with Crippen molar-refractivity contribution < 1.29 is 8.42 Å². The van der Waals surface area contributed by atoms with Gasteiger partial charge in [0.25, 0.3) is 0 Å². The van der Waals surface area contributed by atoms with Gasteiger partial charge in [0, 0.05) is 44.5 Å². The first-order valence-electron chi connectivity index (χ1n) is 10.9. The highest BCUT2D eigenvalue weighted by molar-refractivity contribution is 7.89. The number of nitrogens with zero attached hydrogens (tertiary/aromatic N) is 4. The fourth-order valence-electron chi connectivity index (χ4n) is 3.82. The first kappa shape index (κ1) is 23.3. The number of nitrogens with one attached hydrogen (secondary N) is 2. The van der Waals surface area contributed by atoms with Gasteiger partial charge in [0.05, 0.1) is 17.1 Å². The molecule has 31 heavy (non-hydrogen) atoms. The van der Waals surface area contributed by atoms with E-state index in [1.807, 2.05) is 31.6 Å². The summed E-state index contributed by atoms with van der Waals surface area (Å²) in [5.41, 5.74) is 4.14. The number of piperidine rings is 1. The molecule has 0 atom stereocenters. The summed E-state index contributed by atoms with van der Waals surface area (Å²) in [6, 6.07) is 7.13. The van der Waals surface area contributed by atoms with Gasteiger partial charge in [0.1, 0.15) is 0 Å². The number of hydrogen-bond donors (Lipinski definition) is 2. The maximum Gasteiger partial charge on any atom is 0.243 e. The van der Waals surface area contributed by atoms with Gasteiger partial charge in [-0.15, -0.1) is 0 Å². The van der Waals surface area contributed by atoms with Crippen LogP contribution >= 0.6 is 0 Å². The molecule has 0 saturated carbocycles. The summed E-state index contributed by atoms with van der Waals surface area (Å²) >= 11 is 0. The fraction of sp³-hybridized carbons (Fsp3) is 0.545. The Morgan fingerprint density at radius 1 is 1.16 bits per heavy atom. The molecule has 1 saturated heterocycles. The van der Waals surface area contributed by atoms with Gasteiger partial charge >= 0.3 is 0 Å². The minimum Gasteiger partial charge on any atom is -0.357 e. The van der Waals surface area contributed by atoms with Crippen LogP contribution < -0.4 is 10.6 Å². The van der Waals surface area contributed by atoms with Gasteiger partial charge in [-0.3, -0.25) is 4.68 Å². The summed E-state index contributed by atoms with van der Waals surface area (Å²) in [4.78, 5) is 5.01. The fourth-order valence-corrected chi connectivity index (χ4v) is 5.40. The Balaban J connectivity index is 1.71. The third kappa shape index (κ3) is 5.65. The number of rotatable bonds is 7. The highest BCUT2D eigenvalue weighted by atomic mass is 32.2. The Morgan fingerprint density at radius 2 is 1.90 bits per heavy atom. The zero-order valence-corrected chi connectivity index (χ0v) is 19.8. The first-order valence-corrected chi connectivity index (χ1v) is 12.4. The predicted molar refractivity (Wildman–Crippen MR) is 123 cm³/mol. The molecule has 1 aliphatic heterocycles. The topological polar surface area (TPSA) is 91.6 Å². The molecule has 2 N–H and O–H groups in total. The number of sulfonamides is 1. The smallest absolute Gasteiger partial charge is 0.243 e. The third-order valence-corrected chi connectivity index (χ3v) is 7.60. The number of aromatic nitrogens is 2. The third-order valence-electron chi connectivity index (χ3n) is 5.71. The summed E-state index contributed by atoms with van der Waals surface area (Å²) in [5.74, 6) is 0.689. The Labute approximate surface area is 185 Å². The summed E-state index contributed by atoms with van der Waals surface area (Å²) in [5, 5.41) is 11.1. The van der Waals surface area contributed by atoms with Gasteiger partial charge in [0.2, 0.25) is 10.0 Å². The summed E-state index contributed by atoms with van der Waals surface area (Å²) in [6.07, 6.45) is 2.95. The molecular formula is C22H34N6O2S. The quantitative estimate of drug-likeness (QED) is 0.504. The molecule has 0 amide bonds. The van der Waals surface area contributed by atoms with Crippen LogP contribution in [-0.4, -0.2) is 48.1 Å². The molecule has 1 aliphatic rings. The van der Waals surface area contributed by atoms with Gasteiger partial charge in [-0.1, -0.05) is 18.6 Å². The minimum absolute atomic E-state index is 0.349. The highest BCUT2D eigenvalue weighted by Gasteiger charge is 2.25. The molecule has 1 fully saturated rings. The average Bonchev–Trinajstić information content (AvgIpc) is 3.02. The molecule has 2 aromatic rings. The van der Waals surface area contributed by atoms with E-state index in [4.69, 9.17) is 0 Å². The Kier molecular flexibility index (Phi) is 7.72. The molecule has 0 unspecified atom stereocenters. The SMILES string of the molecule is CCNC(=NCc1cccc(S(=O)(=O)N2CCCCC2)c1)NCc1c(C)nn(C)c1C. The van der Waals surface area contributed by atoms with Crippen LogP contribution in [0.1, 0.15) is 48.7 Å². The van der Waals surface area contributed by atoms with E-state index in [0.717, 1.165) is 48.3 Å². The zero-order valence-electron chi connectivity index (χ0n) is 19.0. The predicted octanol–water partition coefficient (Wildman–Crippen LogP) is 2.47. The summed E-state index contributed by atoms with van der Waals surface area (Å²) < 4.78 is 29.4. The molecule has 0 radical (unpaired) electrons. The average molecular weight is 447 g/mol. The molecule has 0 spiro atoms. The van der Waals surface area contributed by atoms with Crippen LogP contribution in [0.15, 0.2) is 34.2 Å². The van der Waals surface area contributed by atoms with Crippen LogP contribution in [0.25, 0.3) is 0 Å². The number of aliphatic imine (C=N–C) groups is 1. The van der Waals surface area contributed by atoms with Crippen molar-refractivity contribution in [1.82, 2.24) is 24.7 Å². The van der Waals surface area contributed by atoms with Crippen molar-refractivity contribution >= 4 is 16.0 Å². The van der Waals surface area contributed by atoms with E-state index in [1.165, 1.54) is 0 Å². The van der Waals surface area contributed by atoms with E-state index in [0.29, 0.717) is 37.0 Å². The van der Waals surface area contributed by atoms with Gasteiger partial charge in [-0.05, 0) is 51.3 Å². The van der Waals surface area contributed by atoms with E-state index in [9.17, 15) is 8.42 Å².